The highest BCUT2D eigenvalue weighted by Gasteiger charge is 2.13. The van der Waals surface area contributed by atoms with Crippen LogP contribution in [0, 0.1) is 10.1 Å². The summed E-state index contributed by atoms with van der Waals surface area (Å²) in [5.74, 6) is 1.27. The molecule has 0 N–H and O–H groups in total. The zero-order chi connectivity index (χ0) is 14.4. The minimum atomic E-state index is -0.381. The smallest absolute Gasteiger partial charge is 0.246 e. The zero-order valence-corrected chi connectivity index (χ0v) is 12.2. The summed E-state index contributed by atoms with van der Waals surface area (Å²) < 4.78 is 10.6. The lowest BCUT2D eigenvalue weighted by atomic mass is 10.1. The maximum absolute atomic E-state index is 10.9. The van der Waals surface area contributed by atoms with Crippen molar-refractivity contribution in [3.05, 3.63) is 33.5 Å². The molecule has 0 aliphatic rings. The van der Waals surface area contributed by atoms with Crippen molar-refractivity contribution >= 4 is 17.8 Å². The second-order valence-corrected chi connectivity index (χ2v) is 4.54. The third-order valence-corrected chi connectivity index (χ3v) is 3.41. The van der Waals surface area contributed by atoms with Crippen molar-refractivity contribution in [1.29, 1.82) is 0 Å². The number of nitrogens with zero attached hydrogens (tertiary/aromatic N) is 1. The third kappa shape index (κ3) is 3.64. The number of benzene rings is 1. The molecule has 0 fully saturated rings. The van der Waals surface area contributed by atoms with E-state index < -0.39 is 0 Å². The lowest BCUT2D eigenvalue weighted by Gasteiger charge is -2.11. The molecule has 0 atom stereocenters. The summed E-state index contributed by atoms with van der Waals surface area (Å²) in [6, 6.07) is 3.58. The summed E-state index contributed by atoms with van der Waals surface area (Å²) in [7, 11) is 3.12. The molecule has 0 bridgehead atoms. The minimum Gasteiger partial charge on any atom is -0.496 e. The Labute approximate surface area is 116 Å². The first-order valence-electron chi connectivity index (χ1n) is 5.72. The highest BCUT2D eigenvalue weighted by Crippen LogP contribution is 2.35. The Morgan fingerprint density at radius 3 is 2.42 bits per heavy atom. The largest absolute Gasteiger partial charge is 0.496 e. The number of rotatable bonds is 6. The molecular formula is C13H17NO4S. The topological polar surface area (TPSA) is 61.6 Å². The quantitative estimate of drug-likeness (QED) is 0.454. The predicted molar refractivity (Wildman–Crippen MR) is 76.6 cm³/mol. The van der Waals surface area contributed by atoms with Crippen LogP contribution < -0.4 is 9.47 Å². The van der Waals surface area contributed by atoms with Crippen LogP contribution in [0.5, 0.6) is 11.5 Å². The van der Waals surface area contributed by atoms with Crippen LogP contribution in [0.1, 0.15) is 18.9 Å². The van der Waals surface area contributed by atoms with Crippen LogP contribution in [0.15, 0.2) is 22.7 Å². The van der Waals surface area contributed by atoms with Gasteiger partial charge < -0.3 is 9.47 Å². The SMILES string of the molecule is CC/C(=C\c1cc(OC)c(SC)cc1OC)[N+](=O)[O-]. The van der Waals surface area contributed by atoms with Gasteiger partial charge in [-0.05, 0) is 18.4 Å². The van der Waals surface area contributed by atoms with Gasteiger partial charge in [0.1, 0.15) is 11.5 Å². The Kier molecular flexibility index (Phi) is 5.69. The number of hydrogen-bond acceptors (Lipinski definition) is 5. The molecule has 0 saturated carbocycles. The van der Waals surface area contributed by atoms with E-state index in [1.807, 2.05) is 12.3 Å². The number of nitro groups is 1. The normalized spacial score (nSPS) is 11.3. The van der Waals surface area contributed by atoms with E-state index in [0.717, 1.165) is 4.90 Å². The number of allylic oxidation sites excluding steroid dienone is 1. The molecule has 1 rings (SSSR count). The summed E-state index contributed by atoms with van der Waals surface area (Å²) in [6.45, 7) is 1.74. The first kappa shape index (κ1) is 15.4. The minimum absolute atomic E-state index is 0.136. The van der Waals surface area contributed by atoms with Gasteiger partial charge in [-0.3, -0.25) is 10.1 Å². The van der Waals surface area contributed by atoms with Crippen LogP contribution in [-0.2, 0) is 0 Å². The molecule has 6 heteroatoms. The maximum atomic E-state index is 10.9. The van der Waals surface area contributed by atoms with Crippen molar-refractivity contribution in [1.82, 2.24) is 0 Å². The summed E-state index contributed by atoms with van der Waals surface area (Å²) >= 11 is 1.53. The van der Waals surface area contributed by atoms with E-state index in [9.17, 15) is 10.1 Å². The first-order chi connectivity index (χ1) is 9.07. The molecule has 0 aliphatic carbocycles. The zero-order valence-electron chi connectivity index (χ0n) is 11.4. The highest BCUT2D eigenvalue weighted by atomic mass is 32.2. The third-order valence-electron chi connectivity index (χ3n) is 2.65. The summed E-state index contributed by atoms with van der Waals surface area (Å²) in [6.07, 6.45) is 3.80. The molecule has 0 spiro atoms. The van der Waals surface area contributed by atoms with Gasteiger partial charge in [0.2, 0.25) is 5.70 Å². The van der Waals surface area contributed by atoms with E-state index in [0.29, 0.717) is 23.5 Å². The Balaban J connectivity index is 3.37. The number of ether oxygens (including phenoxy) is 2. The summed E-state index contributed by atoms with van der Waals surface area (Å²) in [5, 5.41) is 10.9. The molecule has 0 heterocycles. The number of hydrogen-bond donors (Lipinski definition) is 0. The number of thioether (sulfide) groups is 1. The van der Waals surface area contributed by atoms with Gasteiger partial charge in [0.05, 0.1) is 24.0 Å². The van der Waals surface area contributed by atoms with Crippen molar-refractivity contribution in [2.45, 2.75) is 18.2 Å². The second kappa shape index (κ2) is 7.04. The van der Waals surface area contributed by atoms with Gasteiger partial charge >= 0.3 is 0 Å². The lowest BCUT2D eigenvalue weighted by Crippen LogP contribution is -1.98. The molecule has 0 unspecified atom stereocenters. The Hall–Kier alpha value is -1.69. The second-order valence-electron chi connectivity index (χ2n) is 3.70. The number of methoxy groups -OCH3 is 2. The van der Waals surface area contributed by atoms with E-state index in [4.69, 9.17) is 9.47 Å². The van der Waals surface area contributed by atoms with Crippen molar-refractivity contribution in [2.75, 3.05) is 20.5 Å². The molecule has 5 nitrogen and oxygen atoms in total. The fourth-order valence-corrected chi connectivity index (χ4v) is 2.20. The molecular weight excluding hydrogens is 266 g/mol. The van der Waals surface area contributed by atoms with E-state index in [1.54, 1.807) is 27.2 Å². The van der Waals surface area contributed by atoms with E-state index >= 15 is 0 Å². The lowest BCUT2D eigenvalue weighted by molar-refractivity contribution is -0.425. The van der Waals surface area contributed by atoms with Crippen molar-refractivity contribution in [3.63, 3.8) is 0 Å². The monoisotopic (exact) mass is 283 g/mol. The summed E-state index contributed by atoms with van der Waals surface area (Å²) in [5.41, 5.74) is 0.781. The average Bonchev–Trinajstić information content (AvgIpc) is 2.43. The molecule has 1 aromatic rings. The van der Waals surface area contributed by atoms with Crippen molar-refractivity contribution in [3.8, 4) is 11.5 Å². The average molecular weight is 283 g/mol. The van der Waals surface area contributed by atoms with E-state index in [-0.39, 0.29) is 10.6 Å². The van der Waals surface area contributed by atoms with Crippen LogP contribution >= 0.6 is 11.8 Å². The Morgan fingerprint density at radius 2 is 2.00 bits per heavy atom. The molecule has 1 aromatic carbocycles. The van der Waals surface area contributed by atoms with Crippen LogP contribution in [0.25, 0.3) is 6.08 Å². The standard InChI is InChI=1S/C13H17NO4S/c1-5-10(14(15)16)6-9-7-12(18-3)13(19-4)8-11(9)17-2/h6-8H,5H2,1-4H3/b10-6+. The van der Waals surface area contributed by atoms with Crippen LogP contribution in [-0.4, -0.2) is 25.4 Å². The van der Waals surface area contributed by atoms with Gasteiger partial charge in [0.25, 0.3) is 0 Å². The van der Waals surface area contributed by atoms with Crippen LogP contribution in [0.2, 0.25) is 0 Å². The molecule has 0 radical (unpaired) electrons. The molecule has 0 aliphatic heterocycles. The van der Waals surface area contributed by atoms with Gasteiger partial charge in [-0.25, -0.2) is 0 Å². The van der Waals surface area contributed by atoms with Crippen LogP contribution in [0.4, 0.5) is 0 Å². The van der Waals surface area contributed by atoms with Crippen molar-refractivity contribution in [2.24, 2.45) is 0 Å². The fraction of sp³-hybridized carbons (Fsp3) is 0.385. The van der Waals surface area contributed by atoms with Gasteiger partial charge in [-0.15, -0.1) is 11.8 Å². The van der Waals surface area contributed by atoms with Crippen molar-refractivity contribution < 1.29 is 14.4 Å². The maximum Gasteiger partial charge on any atom is 0.246 e. The van der Waals surface area contributed by atoms with Gasteiger partial charge in [0, 0.05) is 18.1 Å². The molecule has 0 saturated heterocycles. The molecule has 0 aromatic heterocycles. The first-order valence-corrected chi connectivity index (χ1v) is 6.94. The Bertz CT molecular complexity index is 500. The Morgan fingerprint density at radius 1 is 1.37 bits per heavy atom. The van der Waals surface area contributed by atoms with E-state index in [2.05, 4.69) is 0 Å². The predicted octanol–water partition coefficient (Wildman–Crippen LogP) is 3.45. The summed E-state index contributed by atoms with van der Waals surface area (Å²) in [4.78, 5) is 11.4. The van der Waals surface area contributed by atoms with Gasteiger partial charge in [-0.2, -0.15) is 0 Å². The molecule has 19 heavy (non-hydrogen) atoms. The highest BCUT2D eigenvalue weighted by molar-refractivity contribution is 7.98. The van der Waals surface area contributed by atoms with Gasteiger partial charge in [-0.1, -0.05) is 6.92 Å². The van der Waals surface area contributed by atoms with E-state index in [1.165, 1.54) is 17.8 Å². The fourth-order valence-electron chi connectivity index (χ4n) is 1.63. The molecule has 0 amide bonds. The van der Waals surface area contributed by atoms with Gasteiger partial charge in [0.15, 0.2) is 0 Å². The molecule has 104 valence electrons. The van der Waals surface area contributed by atoms with Crippen LogP contribution in [0.3, 0.4) is 0 Å².